The minimum Gasteiger partial charge on any atom is -0.491 e. The Morgan fingerprint density at radius 3 is 2.64 bits per heavy atom. The summed E-state index contributed by atoms with van der Waals surface area (Å²) in [5.41, 5.74) is 1.87. The molecule has 4 rings (SSSR count). The first-order valence-electron chi connectivity index (χ1n) is 12.6. The average molecular weight is 498 g/mol. The van der Waals surface area contributed by atoms with E-state index in [9.17, 15) is 14.0 Å². The standard InChI is InChI=1S/C28H36FN3O4/c1-18-14-32(15-20-6-5-7-22(29)12-20)19(2)17-36-25-11-10-23(30-27(33)21-8-9-21)13-24(25)28(34)31(3)16-26(18)35-4/h5-7,10-13,18-19,21,26H,8-9,14-17H2,1-4H3,(H,30,33)/t18-,19+,26+/m0/s1. The maximum absolute atomic E-state index is 13.9. The molecule has 0 saturated heterocycles. The van der Waals surface area contributed by atoms with E-state index >= 15 is 0 Å². The minimum absolute atomic E-state index is 0.0115. The van der Waals surface area contributed by atoms with E-state index in [-0.39, 0.29) is 41.6 Å². The summed E-state index contributed by atoms with van der Waals surface area (Å²) in [6, 6.07) is 11.8. The molecule has 1 fully saturated rings. The number of amides is 2. The molecule has 3 atom stereocenters. The second kappa shape index (κ2) is 11.4. The predicted molar refractivity (Wildman–Crippen MR) is 136 cm³/mol. The average Bonchev–Trinajstić information content (AvgIpc) is 3.70. The topological polar surface area (TPSA) is 71.1 Å². The molecule has 0 spiro atoms. The van der Waals surface area contributed by atoms with Crippen LogP contribution in [0.5, 0.6) is 5.75 Å². The van der Waals surface area contributed by atoms with E-state index in [1.165, 1.54) is 6.07 Å². The number of fused-ring (bicyclic) bond motifs is 1. The molecule has 194 valence electrons. The summed E-state index contributed by atoms with van der Waals surface area (Å²) in [5, 5.41) is 2.92. The van der Waals surface area contributed by atoms with Gasteiger partial charge in [-0.2, -0.15) is 0 Å². The predicted octanol–water partition coefficient (Wildman–Crippen LogP) is 4.18. The SMILES string of the molecule is CO[C@@H]1CN(C)C(=O)c2cc(NC(=O)C3CC3)ccc2OC[C@@H](C)N(Cc2cccc(F)c2)C[C@@H]1C. The number of methoxy groups -OCH3 is 1. The fourth-order valence-corrected chi connectivity index (χ4v) is 4.61. The van der Waals surface area contributed by atoms with Gasteiger partial charge in [-0.25, -0.2) is 4.39 Å². The van der Waals surface area contributed by atoms with Crippen LogP contribution in [-0.4, -0.2) is 67.6 Å². The van der Waals surface area contributed by atoms with E-state index in [1.54, 1.807) is 49.4 Å². The number of anilines is 1. The number of halogens is 1. The first kappa shape index (κ1) is 26.1. The third kappa shape index (κ3) is 6.42. The highest BCUT2D eigenvalue weighted by Gasteiger charge is 2.31. The second-order valence-electron chi connectivity index (χ2n) is 10.1. The van der Waals surface area contributed by atoms with Gasteiger partial charge in [-0.3, -0.25) is 14.5 Å². The summed E-state index contributed by atoms with van der Waals surface area (Å²) in [6.07, 6.45) is 1.62. The molecule has 0 bridgehead atoms. The fourth-order valence-electron chi connectivity index (χ4n) is 4.61. The van der Waals surface area contributed by atoms with Crippen LogP contribution in [0.25, 0.3) is 0 Å². The smallest absolute Gasteiger partial charge is 0.257 e. The molecule has 7 nitrogen and oxygen atoms in total. The lowest BCUT2D eigenvalue weighted by atomic mass is 10.0. The Hall–Kier alpha value is -2.97. The van der Waals surface area contributed by atoms with Gasteiger partial charge < -0.3 is 19.7 Å². The van der Waals surface area contributed by atoms with Gasteiger partial charge in [0, 0.05) is 51.4 Å². The molecule has 1 N–H and O–H groups in total. The number of ether oxygens (including phenoxy) is 2. The third-order valence-electron chi connectivity index (χ3n) is 7.06. The maximum atomic E-state index is 13.9. The zero-order chi connectivity index (χ0) is 25.8. The highest BCUT2D eigenvalue weighted by atomic mass is 19.1. The largest absolute Gasteiger partial charge is 0.491 e. The molecule has 36 heavy (non-hydrogen) atoms. The van der Waals surface area contributed by atoms with Crippen molar-refractivity contribution in [3.05, 3.63) is 59.4 Å². The Labute approximate surface area is 212 Å². The Balaban J connectivity index is 1.62. The quantitative estimate of drug-likeness (QED) is 0.671. The van der Waals surface area contributed by atoms with Gasteiger partial charge in [-0.15, -0.1) is 0 Å². The molecule has 2 aromatic rings. The molecule has 1 heterocycles. The molecule has 2 aromatic carbocycles. The first-order valence-corrected chi connectivity index (χ1v) is 12.6. The fraction of sp³-hybridized carbons (Fsp3) is 0.500. The number of likely N-dealkylation sites (N-methyl/N-ethyl adjacent to an activating group) is 1. The number of carbonyl (C=O) groups excluding carboxylic acids is 2. The van der Waals surface area contributed by atoms with E-state index in [2.05, 4.69) is 24.1 Å². The number of hydrogen-bond acceptors (Lipinski definition) is 5. The Kier molecular flexibility index (Phi) is 8.26. The summed E-state index contributed by atoms with van der Waals surface area (Å²) in [5.74, 6) is 0.175. The molecule has 1 aliphatic carbocycles. The van der Waals surface area contributed by atoms with Crippen LogP contribution in [0.15, 0.2) is 42.5 Å². The minimum atomic E-state index is -0.257. The highest BCUT2D eigenvalue weighted by molar-refractivity contribution is 6.00. The van der Waals surface area contributed by atoms with E-state index in [4.69, 9.17) is 9.47 Å². The Morgan fingerprint density at radius 2 is 1.94 bits per heavy atom. The van der Waals surface area contributed by atoms with E-state index < -0.39 is 0 Å². The molecule has 1 saturated carbocycles. The van der Waals surface area contributed by atoms with Crippen LogP contribution in [-0.2, 0) is 16.1 Å². The summed E-state index contributed by atoms with van der Waals surface area (Å²) in [6.45, 7) is 6.17. The molecule has 2 amide bonds. The van der Waals surface area contributed by atoms with Gasteiger partial charge in [0.25, 0.3) is 5.91 Å². The summed E-state index contributed by atoms with van der Waals surface area (Å²) in [7, 11) is 3.41. The number of rotatable bonds is 5. The van der Waals surface area contributed by atoms with Crippen LogP contribution in [0, 0.1) is 17.7 Å². The lowest BCUT2D eigenvalue weighted by Gasteiger charge is -2.36. The van der Waals surface area contributed by atoms with E-state index in [0.717, 1.165) is 18.4 Å². The first-order chi connectivity index (χ1) is 17.2. The lowest BCUT2D eigenvalue weighted by Crippen LogP contribution is -2.46. The monoisotopic (exact) mass is 497 g/mol. The van der Waals surface area contributed by atoms with Gasteiger partial charge in [0.05, 0.1) is 11.7 Å². The third-order valence-corrected chi connectivity index (χ3v) is 7.06. The molecular formula is C28H36FN3O4. The summed E-state index contributed by atoms with van der Waals surface area (Å²) >= 11 is 0. The van der Waals surface area contributed by atoms with Crippen LogP contribution in [0.3, 0.4) is 0 Å². The normalized spacial score (nSPS) is 23.8. The molecule has 1 aliphatic heterocycles. The molecule has 0 unspecified atom stereocenters. The molecule has 2 aliphatic rings. The highest BCUT2D eigenvalue weighted by Crippen LogP contribution is 2.31. The molecule has 8 heteroatoms. The van der Waals surface area contributed by atoms with Crippen molar-refractivity contribution in [1.82, 2.24) is 9.80 Å². The number of benzene rings is 2. The van der Waals surface area contributed by atoms with Crippen LogP contribution in [0.2, 0.25) is 0 Å². The number of nitrogens with one attached hydrogen (secondary N) is 1. The zero-order valence-electron chi connectivity index (χ0n) is 21.5. The lowest BCUT2D eigenvalue weighted by molar-refractivity contribution is -0.117. The molecular weight excluding hydrogens is 461 g/mol. The number of nitrogens with zero attached hydrogens (tertiary/aromatic N) is 2. The maximum Gasteiger partial charge on any atom is 0.257 e. The van der Waals surface area contributed by atoms with Gasteiger partial charge in [0.2, 0.25) is 5.91 Å². The Bertz CT molecular complexity index is 1090. The van der Waals surface area contributed by atoms with Crippen LogP contribution >= 0.6 is 0 Å². The van der Waals surface area contributed by atoms with Crippen LogP contribution in [0.4, 0.5) is 10.1 Å². The van der Waals surface area contributed by atoms with Crippen molar-refractivity contribution < 1.29 is 23.5 Å². The number of carbonyl (C=O) groups is 2. The van der Waals surface area contributed by atoms with Gasteiger partial charge in [-0.1, -0.05) is 19.1 Å². The summed E-state index contributed by atoms with van der Waals surface area (Å²) in [4.78, 5) is 29.6. The second-order valence-corrected chi connectivity index (χ2v) is 10.1. The van der Waals surface area contributed by atoms with Crippen molar-refractivity contribution in [2.75, 3.05) is 39.2 Å². The van der Waals surface area contributed by atoms with Crippen molar-refractivity contribution >= 4 is 17.5 Å². The van der Waals surface area contributed by atoms with Gasteiger partial charge in [0.15, 0.2) is 0 Å². The van der Waals surface area contributed by atoms with Crippen LogP contribution in [0.1, 0.15) is 42.6 Å². The van der Waals surface area contributed by atoms with Crippen LogP contribution < -0.4 is 10.1 Å². The Morgan fingerprint density at radius 1 is 1.17 bits per heavy atom. The van der Waals surface area contributed by atoms with E-state index in [1.807, 2.05) is 6.07 Å². The van der Waals surface area contributed by atoms with Crippen molar-refractivity contribution in [1.29, 1.82) is 0 Å². The van der Waals surface area contributed by atoms with Crippen molar-refractivity contribution in [3.63, 3.8) is 0 Å². The van der Waals surface area contributed by atoms with E-state index in [0.29, 0.717) is 43.2 Å². The zero-order valence-corrected chi connectivity index (χ0v) is 21.5. The summed E-state index contributed by atoms with van der Waals surface area (Å²) < 4.78 is 25.8. The van der Waals surface area contributed by atoms with Gasteiger partial charge in [0.1, 0.15) is 18.2 Å². The van der Waals surface area contributed by atoms with Gasteiger partial charge >= 0.3 is 0 Å². The molecule has 0 aromatic heterocycles. The van der Waals surface area contributed by atoms with Crippen molar-refractivity contribution in [2.45, 2.75) is 45.4 Å². The number of hydrogen-bond donors (Lipinski definition) is 1. The molecule has 0 radical (unpaired) electrons. The van der Waals surface area contributed by atoms with Crippen molar-refractivity contribution in [2.24, 2.45) is 11.8 Å². The van der Waals surface area contributed by atoms with Gasteiger partial charge in [-0.05, 0) is 61.6 Å². The van der Waals surface area contributed by atoms with Crippen molar-refractivity contribution in [3.8, 4) is 5.75 Å².